The lowest BCUT2D eigenvalue weighted by Gasteiger charge is -2.29. The summed E-state index contributed by atoms with van der Waals surface area (Å²) in [6.07, 6.45) is 69.0. The molecule has 0 aliphatic rings. The quantitative estimate of drug-likeness (QED) is 0.0272. The van der Waals surface area contributed by atoms with E-state index in [2.05, 4.69) is 55.6 Å². The van der Waals surface area contributed by atoms with Gasteiger partial charge in [0.15, 0.2) is 0 Å². The molecule has 0 fully saturated rings. The summed E-state index contributed by atoms with van der Waals surface area (Å²) in [5, 5.41) is 13.9. The number of phosphoric ester groups is 1. The summed E-state index contributed by atoms with van der Waals surface area (Å²) < 4.78 is 23.4. The highest BCUT2D eigenvalue weighted by Gasteiger charge is 2.23. The zero-order chi connectivity index (χ0) is 51.3. The van der Waals surface area contributed by atoms with Gasteiger partial charge in [0.05, 0.1) is 39.9 Å². The van der Waals surface area contributed by atoms with Gasteiger partial charge in [0.25, 0.3) is 7.82 Å². The summed E-state index contributed by atoms with van der Waals surface area (Å²) in [4.78, 5) is 25.5. The molecule has 1 amide bonds. The van der Waals surface area contributed by atoms with Gasteiger partial charge >= 0.3 is 0 Å². The van der Waals surface area contributed by atoms with E-state index >= 15 is 0 Å². The SMILES string of the molecule is CCCCCCC/C=C\C/C=C\C/C=C\CCCCCCCCCCCCCCCCCCC(=O)NC(COP(=O)([O-])OCC[N+](C)(C)C)C(O)/C=C/CCCCCCCCCCCCCCCCC. The Morgan fingerprint density at radius 2 is 0.829 bits per heavy atom. The summed E-state index contributed by atoms with van der Waals surface area (Å²) in [5.74, 6) is -0.195. The molecule has 0 rings (SSSR count). The minimum Gasteiger partial charge on any atom is -0.756 e. The van der Waals surface area contributed by atoms with Crippen molar-refractivity contribution in [2.24, 2.45) is 0 Å². The lowest BCUT2D eigenvalue weighted by atomic mass is 10.0. The number of carbonyl (C=O) groups excluding carboxylic acids is 1. The van der Waals surface area contributed by atoms with Gasteiger partial charge in [0.2, 0.25) is 5.91 Å². The molecule has 0 aliphatic carbocycles. The molecule has 0 aromatic carbocycles. The zero-order valence-electron chi connectivity index (χ0n) is 47.0. The van der Waals surface area contributed by atoms with E-state index in [-0.39, 0.29) is 19.1 Å². The maximum atomic E-state index is 13.0. The Balaban J connectivity index is 4.10. The molecule has 70 heavy (non-hydrogen) atoms. The topological polar surface area (TPSA) is 108 Å². The Hall–Kier alpha value is -1.54. The van der Waals surface area contributed by atoms with Crippen molar-refractivity contribution in [1.82, 2.24) is 5.32 Å². The fraction of sp³-hybridized carbons (Fsp3) is 0.852. The molecular formula is C61H117N2O6P. The van der Waals surface area contributed by atoms with Crippen LogP contribution in [0.25, 0.3) is 0 Å². The number of hydrogen-bond acceptors (Lipinski definition) is 6. The van der Waals surface area contributed by atoms with Crippen LogP contribution < -0.4 is 10.2 Å². The highest BCUT2D eigenvalue weighted by Crippen LogP contribution is 2.38. The molecule has 2 N–H and O–H groups in total. The van der Waals surface area contributed by atoms with Crippen LogP contribution in [0.15, 0.2) is 48.6 Å². The van der Waals surface area contributed by atoms with Crippen molar-refractivity contribution in [2.75, 3.05) is 40.9 Å². The molecule has 0 aromatic rings. The molecule has 0 spiro atoms. The maximum absolute atomic E-state index is 13.0. The molecule has 3 atom stereocenters. The third kappa shape index (κ3) is 54.2. The smallest absolute Gasteiger partial charge is 0.268 e. The van der Waals surface area contributed by atoms with Crippen LogP contribution >= 0.6 is 7.82 Å². The fourth-order valence-corrected chi connectivity index (χ4v) is 9.53. The van der Waals surface area contributed by atoms with Crippen molar-refractivity contribution in [1.29, 1.82) is 0 Å². The first-order valence-corrected chi connectivity index (χ1v) is 31.5. The van der Waals surface area contributed by atoms with Crippen LogP contribution in [0.3, 0.4) is 0 Å². The summed E-state index contributed by atoms with van der Waals surface area (Å²) >= 11 is 0. The third-order valence-electron chi connectivity index (χ3n) is 13.5. The van der Waals surface area contributed by atoms with Gasteiger partial charge in [-0.1, -0.05) is 268 Å². The first kappa shape index (κ1) is 68.5. The third-order valence-corrected chi connectivity index (χ3v) is 14.5. The van der Waals surface area contributed by atoms with Crippen molar-refractivity contribution < 1.29 is 32.9 Å². The molecule has 412 valence electrons. The molecule has 0 saturated heterocycles. The minimum atomic E-state index is -4.60. The summed E-state index contributed by atoms with van der Waals surface area (Å²) in [7, 11) is 1.27. The van der Waals surface area contributed by atoms with Gasteiger partial charge in [-0.3, -0.25) is 9.36 Å². The summed E-state index contributed by atoms with van der Waals surface area (Å²) in [6, 6.07) is -0.887. The van der Waals surface area contributed by atoms with Crippen molar-refractivity contribution in [3.05, 3.63) is 48.6 Å². The molecule has 0 bridgehead atoms. The Kier molecular flexibility index (Phi) is 51.2. The highest BCUT2D eigenvalue weighted by atomic mass is 31.2. The van der Waals surface area contributed by atoms with E-state index < -0.39 is 20.0 Å². The molecule has 0 radical (unpaired) electrons. The minimum absolute atomic E-state index is 0.000598. The van der Waals surface area contributed by atoms with E-state index in [9.17, 15) is 19.4 Å². The van der Waals surface area contributed by atoms with Gasteiger partial charge < -0.3 is 28.8 Å². The monoisotopic (exact) mass is 1000 g/mol. The predicted octanol–water partition coefficient (Wildman–Crippen LogP) is 17.7. The van der Waals surface area contributed by atoms with Crippen LogP contribution in [0.5, 0.6) is 0 Å². The molecular weight excluding hydrogens is 888 g/mol. The summed E-state index contributed by atoms with van der Waals surface area (Å²) in [6.45, 7) is 4.66. The fourth-order valence-electron chi connectivity index (χ4n) is 8.81. The van der Waals surface area contributed by atoms with Gasteiger partial charge in [-0.25, -0.2) is 0 Å². The van der Waals surface area contributed by atoms with Gasteiger partial charge in [-0.15, -0.1) is 0 Å². The standard InChI is InChI=1S/C61H117N2O6P/c1-6-8-10-12-14-16-18-20-22-24-25-26-27-28-29-30-31-32-33-34-35-36-37-39-41-43-45-47-49-51-53-55-61(65)62-59(58-69-70(66,67)68-57-56-63(3,4)5)60(64)54-52-50-48-46-44-42-40-38-23-21-19-17-15-13-11-9-7-2/h18,20,24-25,27-28,52,54,59-60,64H,6-17,19,21-23,26,29-51,53,55-58H2,1-5H3,(H-,62,65,66,67)/b20-18-,25-24-,28-27-,54-52+. The first-order valence-electron chi connectivity index (χ1n) is 30.0. The van der Waals surface area contributed by atoms with E-state index in [4.69, 9.17) is 9.05 Å². The number of amides is 1. The van der Waals surface area contributed by atoms with Crippen molar-refractivity contribution >= 4 is 13.7 Å². The number of nitrogens with zero attached hydrogens (tertiary/aromatic N) is 1. The molecule has 0 saturated carbocycles. The van der Waals surface area contributed by atoms with Crippen molar-refractivity contribution in [3.63, 3.8) is 0 Å². The first-order chi connectivity index (χ1) is 34.0. The number of likely N-dealkylation sites (N-methyl/N-ethyl adjacent to an activating group) is 1. The van der Waals surface area contributed by atoms with Crippen LogP contribution in [0.2, 0.25) is 0 Å². The van der Waals surface area contributed by atoms with Crippen LogP contribution in [0.4, 0.5) is 0 Å². The van der Waals surface area contributed by atoms with Crippen LogP contribution in [0, 0.1) is 0 Å². The average Bonchev–Trinajstić information content (AvgIpc) is 3.32. The highest BCUT2D eigenvalue weighted by molar-refractivity contribution is 7.45. The lowest BCUT2D eigenvalue weighted by Crippen LogP contribution is -2.45. The van der Waals surface area contributed by atoms with Gasteiger partial charge in [0, 0.05) is 6.42 Å². The number of aliphatic hydroxyl groups excluding tert-OH is 1. The average molecular weight is 1010 g/mol. The number of allylic oxidation sites excluding steroid dienone is 7. The predicted molar refractivity (Wildman–Crippen MR) is 302 cm³/mol. The largest absolute Gasteiger partial charge is 0.756 e. The number of rotatable bonds is 55. The zero-order valence-corrected chi connectivity index (χ0v) is 47.9. The molecule has 8 nitrogen and oxygen atoms in total. The van der Waals surface area contributed by atoms with E-state index in [1.165, 1.54) is 212 Å². The molecule has 3 unspecified atom stereocenters. The van der Waals surface area contributed by atoms with E-state index in [1.54, 1.807) is 6.08 Å². The van der Waals surface area contributed by atoms with Crippen molar-refractivity contribution in [3.8, 4) is 0 Å². The second kappa shape index (κ2) is 52.3. The number of quaternary nitrogens is 1. The number of nitrogens with one attached hydrogen (secondary N) is 1. The second-order valence-electron chi connectivity index (χ2n) is 21.7. The van der Waals surface area contributed by atoms with E-state index in [1.807, 2.05) is 27.2 Å². The maximum Gasteiger partial charge on any atom is 0.268 e. The Bertz CT molecular complexity index is 1280. The Morgan fingerprint density at radius 1 is 0.500 bits per heavy atom. The van der Waals surface area contributed by atoms with Crippen LogP contribution in [-0.2, 0) is 18.4 Å². The second-order valence-corrected chi connectivity index (χ2v) is 23.1. The molecule has 0 aromatic heterocycles. The van der Waals surface area contributed by atoms with Crippen LogP contribution in [-0.4, -0.2) is 68.5 Å². The molecule has 9 heteroatoms. The number of hydrogen-bond donors (Lipinski definition) is 2. The number of carbonyl (C=O) groups is 1. The Labute approximate surface area is 435 Å². The number of aliphatic hydroxyl groups is 1. The van der Waals surface area contributed by atoms with Gasteiger partial charge in [0.1, 0.15) is 13.2 Å². The normalized spacial score (nSPS) is 14.2. The summed E-state index contributed by atoms with van der Waals surface area (Å²) in [5.41, 5.74) is 0. The molecule has 0 heterocycles. The van der Waals surface area contributed by atoms with Crippen molar-refractivity contribution in [2.45, 2.75) is 296 Å². The lowest BCUT2D eigenvalue weighted by molar-refractivity contribution is -0.870. The number of unbranched alkanes of at least 4 members (excludes halogenated alkanes) is 36. The van der Waals surface area contributed by atoms with E-state index in [0.29, 0.717) is 17.4 Å². The van der Waals surface area contributed by atoms with Gasteiger partial charge in [-0.2, -0.15) is 0 Å². The van der Waals surface area contributed by atoms with Gasteiger partial charge in [-0.05, 0) is 57.8 Å². The van der Waals surface area contributed by atoms with Crippen LogP contribution in [0.1, 0.15) is 284 Å². The number of phosphoric acid groups is 1. The van der Waals surface area contributed by atoms with E-state index in [0.717, 1.165) is 51.4 Å². The Morgan fingerprint density at radius 3 is 1.20 bits per heavy atom. The molecule has 0 aliphatic heterocycles.